The number of benzene rings is 1. The molecule has 110 valence electrons. The largest absolute Gasteiger partial charge is 0.391 e. The van der Waals surface area contributed by atoms with Crippen LogP contribution < -0.4 is 5.32 Å². The molecule has 1 rings (SSSR count). The van der Waals surface area contributed by atoms with Crippen LogP contribution in [0.3, 0.4) is 0 Å². The number of carbonyl (C=O) groups is 1. The normalized spacial score (nSPS) is 12.6. The number of carbonyl (C=O) groups excluding carboxylic acids is 1. The van der Waals surface area contributed by atoms with Gasteiger partial charge in [0, 0.05) is 29.8 Å². The summed E-state index contributed by atoms with van der Waals surface area (Å²) >= 11 is 3.24. The molecule has 0 aliphatic carbocycles. The first-order valence-electron chi connectivity index (χ1n) is 6.11. The van der Waals surface area contributed by atoms with E-state index in [0.29, 0.717) is 18.5 Å². The SMILES string of the molecule is COCC(O)CCNC(=O)/C=C/c1cc(Br)ccc1F. The zero-order chi connectivity index (χ0) is 15.0. The summed E-state index contributed by atoms with van der Waals surface area (Å²) in [7, 11) is 1.50. The molecule has 1 atom stereocenters. The molecule has 0 spiro atoms. The fourth-order valence-electron chi connectivity index (χ4n) is 1.50. The Hall–Kier alpha value is -1.24. The zero-order valence-corrected chi connectivity index (χ0v) is 12.7. The minimum atomic E-state index is -0.605. The van der Waals surface area contributed by atoms with Gasteiger partial charge in [0.2, 0.25) is 5.91 Å². The van der Waals surface area contributed by atoms with E-state index >= 15 is 0 Å². The molecular weight excluding hydrogens is 329 g/mol. The molecule has 0 radical (unpaired) electrons. The molecule has 0 heterocycles. The third kappa shape index (κ3) is 6.27. The molecule has 1 amide bonds. The molecule has 1 aromatic carbocycles. The molecular formula is C14H17BrFNO3. The molecule has 0 fully saturated rings. The van der Waals surface area contributed by atoms with Crippen molar-refractivity contribution in [3.8, 4) is 0 Å². The van der Waals surface area contributed by atoms with E-state index in [-0.39, 0.29) is 12.5 Å². The highest BCUT2D eigenvalue weighted by molar-refractivity contribution is 9.10. The van der Waals surface area contributed by atoms with Crippen LogP contribution in [0.25, 0.3) is 6.08 Å². The van der Waals surface area contributed by atoms with Gasteiger partial charge in [-0.2, -0.15) is 0 Å². The van der Waals surface area contributed by atoms with E-state index in [1.165, 1.54) is 25.3 Å². The Morgan fingerprint density at radius 1 is 1.60 bits per heavy atom. The minimum absolute atomic E-state index is 0.231. The van der Waals surface area contributed by atoms with Crippen LogP contribution in [-0.2, 0) is 9.53 Å². The van der Waals surface area contributed by atoms with Gasteiger partial charge in [0.15, 0.2) is 0 Å². The van der Waals surface area contributed by atoms with E-state index in [1.807, 2.05) is 0 Å². The lowest BCUT2D eigenvalue weighted by Crippen LogP contribution is -2.27. The second-order valence-electron chi connectivity index (χ2n) is 4.19. The van der Waals surface area contributed by atoms with Crippen LogP contribution >= 0.6 is 15.9 Å². The van der Waals surface area contributed by atoms with Crippen LogP contribution in [0.4, 0.5) is 4.39 Å². The van der Waals surface area contributed by atoms with Crippen molar-refractivity contribution < 1.29 is 19.0 Å². The van der Waals surface area contributed by atoms with E-state index in [0.717, 1.165) is 4.47 Å². The van der Waals surface area contributed by atoms with E-state index in [4.69, 9.17) is 4.74 Å². The van der Waals surface area contributed by atoms with Crippen molar-refractivity contribution in [2.45, 2.75) is 12.5 Å². The molecule has 0 saturated carbocycles. The highest BCUT2D eigenvalue weighted by atomic mass is 79.9. The molecule has 4 nitrogen and oxygen atoms in total. The van der Waals surface area contributed by atoms with Gasteiger partial charge in [-0.1, -0.05) is 15.9 Å². The molecule has 1 aromatic rings. The number of nitrogens with one attached hydrogen (secondary N) is 1. The molecule has 1 unspecified atom stereocenters. The number of ether oxygens (including phenoxy) is 1. The first kappa shape index (κ1) is 16.8. The maximum absolute atomic E-state index is 13.4. The van der Waals surface area contributed by atoms with Crippen molar-refractivity contribution in [2.24, 2.45) is 0 Å². The van der Waals surface area contributed by atoms with Gasteiger partial charge in [0.25, 0.3) is 0 Å². The van der Waals surface area contributed by atoms with Gasteiger partial charge in [0.1, 0.15) is 5.82 Å². The predicted octanol–water partition coefficient (Wildman–Crippen LogP) is 2.11. The predicted molar refractivity (Wildman–Crippen MR) is 78.6 cm³/mol. The van der Waals surface area contributed by atoms with Gasteiger partial charge in [-0.05, 0) is 30.7 Å². The topological polar surface area (TPSA) is 58.6 Å². The first-order valence-corrected chi connectivity index (χ1v) is 6.90. The highest BCUT2D eigenvalue weighted by Gasteiger charge is 2.04. The summed E-state index contributed by atoms with van der Waals surface area (Å²) in [5.41, 5.74) is 0.328. The molecule has 0 aromatic heterocycles. The lowest BCUT2D eigenvalue weighted by molar-refractivity contribution is -0.116. The smallest absolute Gasteiger partial charge is 0.244 e. The lowest BCUT2D eigenvalue weighted by atomic mass is 10.2. The molecule has 0 aliphatic rings. The van der Waals surface area contributed by atoms with Crippen molar-refractivity contribution >= 4 is 27.9 Å². The lowest BCUT2D eigenvalue weighted by Gasteiger charge is -2.08. The Kier molecular flexibility index (Phi) is 7.43. The van der Waals surface area contributed by atoms with Crippen molar-refractivity contribution in [2.75, 3.05) is 20.3 Å². The summed E-state index contributed by atoms with van der Waals surface area (Å²) in [6.45, 7) is 0.559. The average Bonchev–Trinajstić information content (AvgIpc) is 2.40. The summed E-state index contributed by atoms with van der Waals surface area (Å²) < 4.78 is 18.9. The molecule has 6 heteroatoms. The molecule has 0 saturated heterocycles. The zero-order valence-electron chi connectivity index (χ0n) is 11.1. The molecule has 0 aliphatic heterocycles. The van der Waals surface area contributed by atoms with Gasteiger partial charge in [-0.3, -0.25) is 4.79 Å². The third-order valence-electron chi connectivity index (χ3n) is 2.51. The maximum atomic E-state index is 13.4. The summed E-state index contributed by atoms with van der Waals surface area (Å²) in [5.74, 6) is -0.734. The van der Waals surface area contributed by atoms with Crippen LogP contribution in [0.5, 0.6) is 0 Å². The van der Waals surface area contributed by atoms with Crippen molar-refractivity contribution in [3.05, 3.63) is 40.1 Å². The maximum Gasteiger partial charge on any atom is 0.244 e. The van der Waals surface area contributed by atoms with Gasteiger partial charge in [-0.25, -0.2) is 4.39 Å². The Labute approximate surface area is 125 Å². The quantitative estimate of drug-likeness (QED) is 0.744. The number of aliphatic hydroxyl groups excluding tert-OH is 1. The Morgan fingerprint density at radius 2 is 2.35 bits per heavy atom. The Bertz CT molecular complexity index is 479. The average molecular weight is 346 g/mol. The van der Waals surface area contributed by atoms with Crippen molar-refractivity contribution in [1.82, 2.24) is 5.32 Å². The highest BCUT2D eigenvalue weighted by Crippen LogP contribution is 2.16. The third-order valence-corrected chi connectivity index (χ3v) is 3.00. The van der Waals surface area contributed by atoms with Gasteiger partial charge in [0.05, 0.1) is 12.7 Å². The number of amides is 1. The standard InChI is InChI=1S/C14H17BrFNO3/c1-20-9-12(18)6-7-17-14(19)5-2-10-8-11(15)3-4-13(10)16/h2-5,8,12,18H,6-7,9H2,1H3,(H,17,19)/b5-2+. The molecule has 2 N–H and O–H groups in total. The van der Waals surface area contributed by atoms with Gasteiger partial charge in [-0.15, -0.1) is 0 Å². The summed E-state index contributed by atoms with van der Waals surface area (Å²) in [6, 6.07) is 4.49. The minimum Gasteiger partial charge on any atom is -0.391 e. The van der Waals surface area contributed by atoms with Gasteiger partial charge < -0.3 is 15.2 Å². The molecule has 0 bridgehead atoms. The first-order chi connectivity index (χ1) is 9.52. The number of halogens is 2. The molecule has 20 heavy (non-hydrogen) atoms. The van der Waals surface area contributed by atoms with Crippen LogP contribution in [0, 0.1) is 5.82 Å². The van der Waals surface area contributed by atoms with Gasteiger partial charge >= 0.3 is 0 Å². The second-order valence-corrected chi connectivity index (χ2v) is 5.10. The number of aliphatic hydroxyl groups is 1. The van der Waals surface area contributed by atoms with Crippen LogP contribution in [-0.4, -0.2) is 37.4 Å². The summed E-state index contributed by atoms with van der Waals surface area (Å²) in [4.78, 5) is 11.5. The van der Waals surface area contributed by atoms with Crippen LogP contribution in [0.2, 0.25) is 0 Å². The van der Waals surface area contributed by atoms with E-state index in [9.17, 15) is 14.3 Å². The van der Waals surface area contributed by atoms with Crippen molar-refractivity contribution in [1.29, 1.82) is 0 Å². The summed E-state index contributed by atoms with van der Waals surface area (Å²) in [5, 5.41) is 12.0. The Balaban J connectivity index is 2.42. The van der Waals surface area contributed by atoms with E-state index in [1.54, 1.807) is 12.1 Å². The van der Waals surface area contributed by atoms with Crippen LogP contribution in [0.15, 0.2) is 28.7 Å². The number of hydrogen-bond acceptors (Lipinski definition) is 3. The van der Waals surface area contributed by atoms with Crippen molar-refractivity contribution in [3.63, 3.8) is 0 Å². The fraction of sp³-hybridized carbons (Fsp3) is 0.357. The number of hydrogen-bond donors (Lipinski definition) is 2. The Morgan fingerprint density at radius 3 is 3.05 bits per heavy atom. The van der Waals surface area contributed by atoms with E-state index < -0.39 is 11.9 Å². The fourth-order valence-corrected chi connectivity index (χ4v) is 1.88. The number of rotatable bonds is 7. The van der Waals surface area contributed by atoms with E-state index in [2.05, 4.69) is 21.2 Å². The monoisotopic (exact) mass is 345 g/mol. The number of methoxy groups -OCH3 is 1. The van der Waals surface area contributed by atoms with Crippen LogP contribution in [0.1, 0.15) is 12.0 Å². The second kappa shape index (κ2) is 8.84. The summed E-state index contributed by atoms with van der Waals surface area (Å²) in [6.07, 6.45) is 2.46.